The van der Waals surface area contributed by atoms with E-state index in [1.165, 1.54) is 37.7 Å². The van der Waals surface area contributed by atoms with Crippen molar-refractivity contribution in [3.05, 3.63) is 11.6 Å². The van der Waals surface area contributed by atoms with Crippen molar-refractivity contribution in [1.82, 2.24) is 0 Å². The van der Waals surface area contributed by atoms with E-state index in [1.54, 1.807) is 14.2 Å². The molecule has 0 aliphatic heterocycles. The molecule has 0 aromatic heterocycles. The molecule has 1 rings (SSSR count). The van der Waals surface area contributed by atoms with Gasteiger partial charge in [-0.15, -0.1) is 0 Å². The van der Waals surface area contributed by atoms with Crippen LogP contribution >= 0.6 is 0 Å². The van der Waals surface area contributed by atoms with Crippen LogP contribution in [0.5, 0.6) is 0 Å². The third-order valence-corrected chi connectivity index (χ3v) is 2.33. The normalized spacial score (nSPS) is 18.4. The van der Waals surface area contributed by atoms with Gasteiger partial charge in [0.25, 0.3) is 0 Å². The van der Waals surface area contributed by atoms with Crippen LogP contribution in [0.4, 0.5) is 0 Å². The van der Waals surface area contributed by atoms with Crippen LogP contribution in [0.2, 0.25) is 0 Å². The number of methoxy groups -OCH3 is 2. The molecule has 0 aromatic carbocycles. The maximum absolute atomic E-state index is 5.10. The molecule has 0 atom stereocenters. The van der Waals surface area contributed by atoms with E-state index < -0.39 is 0 Å². The summed E-state index contributed by atoms with van der Waals surface area (Å²) in [7, 11) is 3.35. The molecule has 12 heavy (non-hydrogen) atoms. The molecule has 1 saturated carbocycles. The highest BCUT2D eigenvalue weighted by Gasteiger charge is 2.08. The van der Waals surface area contributed by atoms with Gasteiger partial charge in [0, 0.05) is 14.2 Å². The molecule has 70 valence electrons. The minimum Gasteiger partial charge on any atom is -0.352 e. The summed E-state index contributed by atoms with van der Waals surface area (Å²) in [5, 5.41) is 0. The molecule has 0 N–H and O–H groups in total. The zero-order valence-electron chi connectivity index (χ0n) is 8.01. The summed E-state index contributed by atoms with van der Waals surface area (Å²) >= 11 is 0. The Labute approximate surface area is 74.6 Å². The second-order valence-corrected chi connectivity index (χ2v) is 3.23. The zero-order chi connectivity index (χ0) is 8.81. The average molecular weight is 170 g/mol. The molecule has 0 saturated heterocycles. The molecule has 0 amide bonds. The van der Waals surface area contributed by atoms with Gasteiger partial charge in [-0.25, -0.2) is 0 Å². The molecule has 0 bridgehead atoms. The van der Waals surface area contributed by atoms with E-state index in [2.05, 4.69) is 6.08 Å². The quantitative estimate of drug-likeness (QED) is 0.478. The standard InChI is InChI=1S/C10H18O2/c1-11-10(12-2)8-9-6-4-3-5-7-9/h8,10H,3-7H2,1-2H3. The summed E-state index contributed by atoms with van der Waals surface area (Å²) in [6, 6.07) is 0. The van der Waals surface area contributed by atoms with Gasteiger partial charge in [-0.2, -0.15) is 0 Å². The molecule has 1 fully saturated rings. The van der Waals surface area contributed by atoms with Crippen LogP contribution in [0.1, 0.15) is 32.1 Å². The van der Waals surface area contributed by atoms with Crippen LogP contribution in [0, 0.1) is 0 Å². The highest BCUT2D eigenvalue weighted by molar-refractivity contribution is 5.05. The lowest BCUT2D eigenvalue weighted by molar-refractivity contribution is -0.0673. The fourth-order valence-electron chi connectivity index (χ4n) is 1.60. The first kappa shape index (κ1) is 9.75. The summed E-state index contributed by atoms with van der Waals surface area (Å²) in [5.41, 5.74) is 1.50. The Morgan fingerprint density at radius 2 is 1.67 bits per heavy atom. The van der Waals surface area contributed by atoms with Crippen molar-refractivity contribution in [2.45, 2.75) is 38.4 Å². The van der Waals surface area contributed by atoms with Crippen LogP contribution in [0.3, 0.4) is 0 Å². The molecule has 2 nitrogen and oxygen atoms in total. The van der Waals surface area contributed by atoms with Crippen molar-refractivity contribution < 1.29 is 9.47 Å². The molecule has 0 radical (unpaired) electrons. The van der Waals surface area contributed by atoms with Gasteiger partial charge >= 0.3 is 0 Å². The zero-order valence-corrected chi connectivity index (χ0v) is 8.01. The third kappa shape index (κ3) is 2.95. The Bertz CT molecular complexity index is 140. The summed E-state index contributed by atoms with van der Waals surface area (Å²) in [6.45, 7) is 0. The van der Waals surface area contributed by atoms with Crippen LogP contribution in [0.25, 0.3) is 0 Å². The summed E-state index contributed by atoms with van der Waals surface area (Å²) in [6.07, 6.45) is 8.45. The lowest BCUT2D eigenvalue weighted by Gasteiger charge is -2.16. The van der Waals surface area contributed by atoms with Gasteiger partial charge in [0.2, 0.25) is 0 Å². The third-order valence-electron chi connectivity index (χ3n) is 2.33. The minimum absolute atomic E-state index is 0.141. The summed E-state index contributed by atoms with van der Waals surface area (Å²) in [4.78, 5) is 0. The van der Waals surface area contributed by atoms with Gasteiger partial charge in [-0.1, -0.05) is 12.0 Å². The summed E-state index contributed by atoms with van der Waals surface area (Å²) < 4.78 is 10.2. The number of allylic oxidation sites excluding steroid dienone is 1. The molecular weight excluding hydrogens is 152 g/mol. The van der Waals surface area contributed by atoms with Gasteiger partial charge < -0.3 is 9.47 Å². The van der Waals surface area contributed by atoms with Crippen LogP contribution in [0.15, 0.2) is 11.6 Å². The highest BCUT2D eigenvalue weighted by atomic mass is 16.7. The summed E-state index contributed by atoms with van der Waals surface area (Å²) in [5.74, 6) is 0. The first-order valence-corrected chi connectivity index (χ1v) is 4.62. The predicted octanol–water partition coefficient (Wildman–Crippen LogP) is 2.50. The average Bonchev–Trinajstić information content (AvgIpc) is 2.16. The van der Waals surface area contributed by atoms with Gasteiger partial charge in [0.1, 0.15) is 0 Å². The SMILES string of the molecule is COC(C=C1CCCCC1)OC. The first-order valence-electron chi connectivity index (χ1n) is 4.62. The predicted molar refractivity (Wildman–Crippen MR) is 49.0 cm³/mol. The number of ether oxygens (including phenoxy) is 2. The molecule has 0 heterocycles. The van der Waals surface area contributed by atoms with E-state index in [-0.39, 0.29) is 6.29 Å². The van der Waals surface area contributed by atoms with E-state index >= 15 is 0 Å². The van der Waals surface area contributed by atoms with E-state index in [0.29, 0.717) is 0 Å². The minimum atomic E-state index is -0.141. The fourth-order valence-corrected chi connectivity index (χ4v) is 1.60. The maximum atomic E-state index is 5.10. The second kappa shape index (κ2) is 5.33. The Morgan fingerprint density at radius 3 is 2.17 bits per heavy atom. The molecule has 0 spiro atoms. The smallest absolute Gasteiger partial charge is 0.176 e. The van der Waals surface area contributed by atoms with Gasteiger partial charge in [0.15, 0.2) is 6.29 Å². The monoisotopic (exact) mass is 170 g/mol. The van der Waals surface area contributed by atoms with Crippen molar-refractivity contribution in [3.63, 3.8) is 0 Å². The van der Waals surface area contributed by atoms with Crippen molar-refractivity contribution in [3.8, 4) is 0 Å². The molecular formula is C10H18O2. The van der Waals surface area contributed by atoms with Crippen molar-refractivity contribution >= 4 is 0 Å². The Balaban J connectivity index is 2.41. The van der Waals surface area contributed by atoms with Crippen LogP contribution in [-0.2, 0) is 9.47 Å². The number of hydrogen-bond donors (Lipinski definition) is 0. The Kier molecular flexibility index (Phi) is 4.33. The van der Waals surface area contributed by atoms with Crippen molar-refractivity contribution in [1.29, 1.82) is 0 Å². The van der Waals surface area contributed by atoms with Crippen molar-refractivity contribution in [2.75, 3.05) is 14.2 Å². The highest BCUT2D eigenvalue weighted by Crippen LogP contribution is 2.23. The van der Waals surface area contributed by atoms with E-state index in [1.807, 2.05) is 0 Å². The van der Waals surface area contributed by atoms with Gasteiger partial charge in [-0.05, 0) is 31.8 Å². The fraction of sp³-hybridized carbons (Fsp3) is 0.800. The van der Waals surface area contributed by atoms with Gasteiger partial charge in [-0.3, -0.25) is 0 Å². The van der Waals surface area contributed by atoms with Crippen LogP contribution < -0.4 is 0 Å². The van der Waals surface area contributed by atoms with Crippen molar-refractivity contribution in [2.24, 2.45) is 0 Å². The Hall–Kier alpha value is -0.340. The number of rotatable bonds is 3. The van der Waals surface area contributed by atoms with Gasteiger partial charge in [0.05, 0.1) is 0 Å². The molecule has 0 unspecified atom stereocenters. The maximum Gasteiger partial charge on any atom is 0.176 e. The lowest BCUT2D eigenvalue weighted by atomic mass is 9.95. The topological polar surface area (TPSA) is 18.5 Å². The largest absolute Gasteiger partial charge is 0.352 e. The molecule has 1 aliphatic rings. The first-order chi connectivity index (χ1) is 5.86. The molecule has 0 aromatic rings. The van der Waals surface area contributed by atoms with E-state index in [4.69, 9.17) is 9.47 Å². The number of hydrogen-bond acceptors (Lipinski definition) is 2. The Morgan fingerprint density at radius 1 is 1.08 bits per heavy atom. The second-order valence-electron chi connectivity index (χ2n) is 3.23. The van der Waals surface area contributed by atoms with E-state index in [9.17, 15) is 0 Å². The molecule has 1 aliphatic carbocycles. The van der Waals surface area contributed by atoms with E-state index in [0.717, 1.165) is 0 Å². The lowest BCUT2D eigenvalue weighted by Crippen LogP contribution is -2.10. The van der Waals surface area contributed by atoms with Crippen LogP contribution in [-0.4, -0.2) is 20.5 Å². The molecule has 2 heteroatoms.